The molecule has 0 aliphatic carbocycles. The van der Waals surface area contributed by atoms with E-state index in [1.807, 2.05) is 13.1 Å². The highest BCUT2D eigenvalue weighted by Gasteiger charge is 2.11. The van der Waals surface area contributed by atoms with Gasteiger partial charge >= 0.3 is 0 Å². The molecule has 0 amide bonds. The van der Waals surface area contributed by atoms with Crippen LogP contribution in [0, 0.1) is 5.82 Å². The summed E-state index contributed by atoms with van der Waals surface area (Å²) in [5, 5.41) is 5.41. The molecular weight excluding hydrogens is 337 g/mol. The van der Waals surface area contributed by atoms with E-state index in [9.17, 15) is 4.39 Å². The van der Waals surface area contributed by atoms with Crippen LogP contribution in [0.25, 0.3) is 0 Å². The first kappa shape index (κ1) is 15.7. The van der Waals surface area contributed by atoms with Crippen molar-refractivity contribution in [1.29, 1.82) is 0 Å². The first-order valence-electron chi connectivity index (χ1n) is 6.82. The second-order valence-corrected chi connectivity index (χ2v) is 6.84. The van der Waals surface area contributed by atoms with Crippen molar-refractivity contribution in [3.8, 4) is 0 Å². The van der Waals surface area contributed by atoms with Gasteiger partial charge in [0.05, 0.1) is 0 Å². The fourth-order valence-electron chi connectivity index (χ4n) is 2.29. The van der Waals surface area contributed by atoms with Gasteiger partial charge in [0.15, 0.2) is 0 Å². The Bertz CT molecular complexity index is 527. The summed E-state index contributed by atoms with van der Waals surface area (Å²) < 4.78 is 14.7. The van der Waals surface area contributed by atoms with Gasteiger partial charge in [-0.05, 0) is 67.9 Å². The first-order valence-corrected chi connectivity index (χ1v) is 8.50. The lowest BCUT2D eigenvalue weighted by molar-refractivity contribution is 0.490. The number of halogens is 2. The SMILES string of the molecule is CNC(CCCc1cccs1)Cc1cc(Br)ccc1F. The number of rotatable bonds is 7. The third kappa shape index (κ3) is 4.69. The van der Waals surface area contributed by atoms with Crippen LogP contribution in [0.4, 0.5) is 4.39 Å². The largest absolute Gasteiger partial charge is 0.317 e. The Balaban J connectivity index is 1.86. The van der Waals surface area contributed by atoms with Crippen LogP contribution in [0.3, 0.4) is 0 Å². The number of hydrogen-bond acceptors (Lipinski definition) is 2. The Hall–Kier alpha value is -0.710. The molecule has 20 heavy (non-hydrogen) atoms. The normalized spacial score (nSPS) is 12.6. The fraction of sp³-hybridized carbons (Fsp3) is 0.375. The van der Waals surface area contributed by atoms with Crippen LogP contribution >= 0.6 is 27.3 Å². The smallest absolute Gasteiger partial charge is 0.126 e. The average Bonchev–Trinajstić information content (AvgIpc) is 2.94. The average molecular weight is 356 g/mol. The molecule has 0 saturated heterocycles. The predicted octanol–water partition coefficient (Wildman–Crippen LogP) is 4.80. The lowest BCUT2D eigenvalue weighted by atomic mass is 10.0. The van der Waals surface area contributed by atoms with E-state index in [0.29, 0.717) is 6.04 Å². The summed E-state index contributed by atoms with van der Waals surface area (Å²) >= 11 is 5.21. The van der Waals surface area contributed by atoms with Gasteiger partial charge < -0.3 is 5.32 Å². The maximum atomic E-state index is 13.8. The van der Waals surface area contributed by atoms with Crippen molar-refractivity contribution in [2.75, 3.05) is 7.05 Å². The zero-order valence-corrected chi connectivity index (χ0v) is 13.9. The van der Waals surface area contributed by atoms with Gasteiger partial charge in [0.25, 0.3) is 0 Å². The molecule has 1 heterocycles. The van der Waals surface area contributed by atoms with E-state index in [2.05, 4.69) is 38.8 Å². The molecule has 0 aliphatic heterocycles. The Labute approximate surface area is 132 Å². The van der Waals surface area contributed by atoms with E-state index < -0.39 is 0 Å². The molecule has 1 atom stereocenters. The second kappa shape index (κ2) is 7.91. The zero-order valence-electron chi connectivity index (χ0n) is 11.5. The number of hydrogen-bond donors (Lipinski definition) is 1. The Morgan fingerprint density at radius 3 is 2.90 bits per heavy atom. The Kier molecular flexibility index (Phi) is 6.20. The first-order chi connectivity index (χ1) is 9.69. The second-order valence-electron chi connectivity index (χ2n) is 4.90. The zero-order chi connectivity index (χ0) is 14.4. The molecule has 0 radical (unpaired) electrons. The molecular formula is C16H19BrFNS. The summed E-state index contributed by atoms with van der Waals surface area (Å²) in [6.45, 7) is 0. The summed E-state index contributed by atoms with van der Waals surface area (Å²) in [7, 11) is 1.95. The van der Waals surface area contributed by atoms with Crippen LogP contribution < -0.4 is 5.32 Å². The van der Waals surface area contributed by atoms with E-state index in [0.717, 1.165) is 35.7 Å². The van der Waals surface area contributed by atoms with Crippen molar-refractivity contribution in [1.82, 2.24) is 5.32 Å². The van der Waals surface area contributed by atoms with Crippen molar-refractivity contribution in [3.63, 3.8) is 0 Å². The molecule has 108 valence electrons. The molecule has 1 N–H and O–H groups in total. The van der Waals surface area contributed by atoms with Crippen molar-refractivity contribution in [2.45, 2.75) is 31.7 Å². The molecule has 2 rings (SSSR count). The van der Waals surface area contributed by atoms with Crippen LogP contribution in [-0.4, -0.2) is 13.1 Å². The minimum Gasteiger partial charge on any atom is -0.317 e. The monoisotopic (exact) mass is 355 g/mol. The topological polar surface area (TPSA) is 12.0 Å². The van der Waals surface area contributed by atoms with Gasteiger partial charge in [0.2, 0.25) is 0 Å². The lowest BCUT2D eigenvalue weighted by Crippen LogP contribution is -2.28. The summed E-state index contributed by atoms with van der Waals surface area (Å²) in [5.41, 5.74) is 0.773. The molecule has 2 aromatic rings. The van der Waals surface area contributed by atoms with Crippen LogP contribution in [0.15, 0.2) is 40.2 Å². The molecule has 1 aromatic carbocycles. The molecule has 1 nitrogen and oxygen atoms in total. The van der Waals surface area contributed by atoms with Gasteiger partial charge in [-0.2, -0.15) is 0 Å². The van der Waals surface area contributed by atoms with Crippen LogP contribution in [0.2, 0.25) is 0 Å². The van der Waals surface area contributed by atoms with Crippen LogP contribution in [0.5, 0.6) is 0 Å². The van der Waals surface area contributed by atoms with E-state index in [4.69, 9.17) is 0 Å². The summed E-state index contributed by atoms with van der Waals surface area (Å²) in [5.74, 6) is -0.119. The number of nitrogens with one attached hydrogen (secondary N) is 1. The Morgan fingerprint density at radius 1 is 1.35 bits per heavy atom. The van der Waals surface area contributed by atoms with E-state index in [-0.39, 0.29) is 5.82 Å². The minimum atomic E-state index is -0.119. The Morgan fingerprint density at radius 2 is 2.20 bits per heavy atom. The highest BCUT2D eigenvalue weighted by atomic mass is 79.9. The maximum Gasteiger partial charge on any atom is 0.126 e. The fourth-order valence-corrected chi connectivity index (χ4v) is 3.45. The van der Waals surface area contributed by atoms with E-state index in [1.165, 1.54) is 10.9 Å². The van der Waals surface area contributed by atoms with E-state index >= 15 is 0 Å². The van der Waals surface area contributed by atoms with Crippen molar-refractivity contribution < 1.29 is 4.39 Å². The number of thiophene rings is 1. The van der Waals surface area contributed by atoms with E-state index in [1.54, 1.807) is 17.4 Å². The summed E-state index contributed by atoms with van der Waals surface area (Å²) in [6, 6.07) is 9.72. The third-order valence-electron chi connectivity index (χ3n) is 3.44. The maximum absolute atomic E-state index is 13.8. The van der Waals surface area contributed by atoms with Crippen molar-refractivity contribution in [2.24, 2.45) is 0 Å². The molecule has 0 bridgehead atoms. The van der Waals surface area contributed by atoms with Gasteiger partial charge in [-0.15, -0.1) is 11.3 Å². The lowest BCUT2D eigenvalue weighted by Gasteiger charge is -2.16. The molecule has 1 unspecified atom stereocenters. The van der Waals surface area contributed by atoms with Crippen molar-refractivity contribution >= 4 is 27.3 Å². The van der Waals surface area contributed by atoms with Gasteiger partial charge in [-0.3, -0.25) is 0 Å². The highest BCUT2D eigenvalue weighted by Crippen LogP contribution is 2.19. The molecule has 1 aromatic heterocycles. The molecule has 0 spiro atoms. The number of aryl methyl sites for hydroxylation is 1. The van der Waals surface area contributed by atoms with Gasteiger partial charge in [-0.25, -0.2) is 4.39 Å². The molecule has 0 saturated carbocycles. The number of likely N-dealkylation sites (N-methyl/N-ethyl adjacent to an activating group) is 1. The number of benzene rings is 1. The van der Waals surface area contributed by atoms with Crippen molar-refractivity contribution in [3.05, 3.63) is 56.4 Å². The third-order valence-corrected chi connectivity index (χ3v) is 4.87. The van der Waals surface area contributed by atoms with Crippen LogP contribution in [-0.2, 0) is 12.8 Å². The van der Waals surface area contributed by atoms with Crippen LogP contribution in [0.1, 0.15) is 23.3 Å². The minimum absolute atomic E-state index is 0.119. The highest BCUT2D eigenvalue weighted by molar-refractivity contribution is 9.10. The van der Waals surface area contributed by atoms with Gasteiger partial charge in [0.1, 0.15) is 5.82 Å². The quantitative estimate of drug-likeness (QED) is 0.751. The summed E-state index contributed by atoms with van der Waals surface area (Å²) in [4.78, 5) is 1.42. The van der Waals surface area contributed by atoms with Gasteiger partial charge in [0, 0.05) is 15.4 Å². The van der Waals surface area contributed by atoms with Gasteiger partial charge in [-0.1, -0.05) is 22.0 Å². The summed E-state index contributed by atoms with van der Waals surface area (Å²) in [6.07, 6.45) is 4.02. The molecule has 0 fully saturated rings. The standard InChI is InChI=1S/C16H19BrFNS/c1-19-14(4-2-5-15-6-3-9-20-15)11-12-10-13(17)7-8-16(12)18/h3,6-10,14,19H,2,4-5,11H2,1H3. The predicted molar refractivity (Wildman–Crippen MR) is 87.9 cm³/mol. The molecule has 0 aliphatic rings. The molecule has 4 heteroatoms.